The number of hydrogen-bond acceptors (Lipinski definition) is 3. The molecule has 1 saturated heterocycles. The number of hydrogen-bond donors (Lipinski definition) is 4. The van der Waals surface area contributed by atoms with E-state index < -0.39 is 0 Å². The lowest BCUT2D eigenvalue weighted by atomic mass is 10.2. The van der Waals surface area contributed by atoms with Crippen molar-refractivity contribution in [2.24, 2.45) is 0 Å². The van der Waals surface area contributed by atoms with Crippen molar-refractivity contribution in [2.45, 2.75) is 39.4 Å². The average Bonchev–Trinajstić information content (AvgIpc) is 2.53. The molecule has 2 atom stereocenters. The van der Waals surface area contributed by atoms with Crippen LogP contribution in [0.1, 0.15) is 25.8 Å². The van der Waals surface area contributed by atoms with Crippen LogP contribution in [-0.4, -0.2) is 42.9 Å². The van der Waals surface area contributed by atoms with E-state index in [-0.39, 0.29) is 29.0 Å². The molecule has 1 fully saturated rings. The molecule has 0 aliphatic carbocycles. The van der Waals surface area contributed by atoms with Crippen LogP contribution < -0.4 is 21.1 Å². The lowest BCUT2D eigenvalue weighted by Crippen LogP contribution is -3.15. The molecule has 138 valence electrons. The molecule has 6 nitrogen and oxygen atoms in total. The van der Waals surface area contributed by atoms with Gasteiger partial charge in [0.15, 0.2) is 5.11 Å². The molecular weight excluding hydrogens is 343 g/mol. The highest BCUT2D eigenvalue weighted by molar-refractivity contribution is 7.80. The Morgan fingerprint density at radius 3 is 2.64 bits per heavy atom. The largest absolute Gasteiger partial charge is 0.364 e. The number of anilines is 1. The number of halogens is 1. The highest BCUT2D eigenvalue weighted by Gasteiger charge is 2.25. The van der Waals surface area contributed by atoms with E-state index >= 15 is 0 Å². The Labute approximate surface area is 153 Å². The molecule has 4 N–H and O–H groups in total. The molecule has 1 heterocycles. The number of morpholine rings is 1. The summed E-state index contributed by atoms with van der Waals surface area (Å²) < 4.78 is 19.2. The van der Waals surface area contributed by atoms with Gasteiger partial charge in [0.1, 0.15) is 31.1 Å². The van der Waals surface area contributed by atoms with Gasteiger partial charge in [-0.15, -0.1) is 0 Å². The van der Waals surface area contributed by atoms with Gasteiger partial charge in [-0.1, -0.05) is 6.07 Å². The quantitative estimate of drug-likeness (QED) is 0.461. The van der Waals surface area contributed by atoms with Crippen molar-refractivity contribution in [1.82, 2.24) is 10.9 Å². The molecule has 0 bridgehead atoms. The first kappa shape index (κ1) is 19.6. The highest BCUT2D eigenvalue weighted by atomic mass is 32.1. The normalized spacial score (nSPS) is 23.0. The van der Waals surface area contributed by atoms with Gasteiger partial charge in [0.05, 0.1) is 13.0 Å². The Kier molecular flexibility index (Phi) is 7.10. The maximum absolute atomic E-state index is 13.5. The maximum Gasteiger partial charge on any atom is 0.244 e. The van der Waals surface area contributed by atoms with Gasteiger partial charge >= 0.3 is 0 Å². The maximum atomic E-state index is 13.5. The van der Waals surface area contributed by atoms with E-state index in [0.29, 0.717) is 17.7 Å². The van der Waals surface area contributed by atoms with E-state index in [4.69, 9.17) is 17.0 Å². The summed E-state index contributed by atoms with van der Waals surface area (Å²) >= 11 is 5.09. The van der Waals surface area contributed by atoms with E-state index in [1.54, 1.807) is 19.1 Å². The molecule has 1 aliphatic heterocycles. The Morgan fingerprint density at radius 1 is 1.32 bits per heavy atom. The Balaban J connectivity index is 1.68. The number of ether oxygens (including phenoxy) is 1. The minimum Gasteiger partial charge on any atom is -0.364 e. The van der Waals surface area contributed by atoms with Gasteiger partial charge in [0.25, 0.3) is 0 Å². The van der Waals surface area contributed by atoms with Crippen LogP contribution in [0, 0.1) is 12.7 Å². The first-order chi connectivity index (χ1) is 11.8. The van der Waals surface area contributed by atoms with Crippen molar-refractivity contribution in [1.29, 1.82) is 0 Å². The van der Waals surface area contributed by atoms with Crippen molar-refractivity contribution in [2.75, 3.05) is 25.0 Å². The molecule has 8 heteroatoms. The second-order valence-electron chi connectivity index (χ2n) is 6.51. The summed E-state index contributed by atoms with van der Waals surface area (Å²) in [6.45, 7) is 8.35. The van der Waals surface area contributed by atoms with E-state index in [1.807, 2.05) is 0 Å². The monoisotopic (exact) mass is 369 g/mol. The summed E-state index contributed by atoms with van der Waals surface area (Å²) in [5, 5.41) is 3.03. The minimum absolute atomic E-state index is 0.140. The van der Waals surface area contributed by atoms with E-state index in [1.165, 1.54) is 11.0 Å². The number of benzene rings is 1. The topological polar surface area (TPSA) is 66.8 Å². The Morgan fingerprint density at radius 2 is 2.00 bits per heavy atom. The summed E-state index contributed by atoms with van der Waals surface area (Å²) in [5.74, 6) is -0.452. The third-order valence-corrected chi connectivity index (χ3v) is 4.27. The molecule has 25 heavy (non-hydrogen) atoms. The van der Waals surface area contributed by atoms with Crippen LogP contribution in [0.15, 0.2) is 18.2 Å². The molecule has 0 unspecified atom stereocenters. The first-order valence-electron chi connectivity index (χ1n) is 8.44. The van der Waals surface area contributed by atoms with Crippen molar-refractivity contribution >= 4 is 28.9 Å². The Hall–Kier alpha value is -1.77. The molecular formula is C17H26FN4O2S+. The molecule has 1 aromatic carbocycles. The SMILES string of the molecule is Cc1ccc(NC(=S)NNC(=O)CC[NH+]2C[C@@H](C)O[C@H](C)C2)cc1F. The number of quaternary nitrogens is 1. The number of aryl methyl sites for hydroxylation is 1. The number of hydrazine groups is 1. The van der Waals surface area contributed by atoms with Gasteiger partial charge in [-0.25, -0.2) is 4.39 Å². The van der Waals surface area contributed by atoms with Crippen LogP contribution in [-0.2, 0) is 9.53 Å². The van der Waals surface area contributed by atoms with Gasteiger partial charge in [-0.2, -0.15) is 0 Å². The molecule has 1 aliphatic rings. The van der Waals surface area contributed by atoms with Crippen LogP contribution in [0.3, 0.4) is 0 Å². The molecule has 0 saturated carbocycles. The fourth-order valence-electron chi connectivity index (χ4n) is 2.91. The standard InChI is InChI=1S/C17H25FN4O2S/c1-11-4-5-14(8-15(11)18)19-17(25)21-20-16(23)6-7-22-9-12(2)24-13(3)10-22/h4-5,8,12-13H,6-7,9-10H2,1-3H3,(H,20,23)(H2,19,21,25)/p+1/t12-,13-/m1/s1. The molecule has 0 aromatic heterocycles. The van der Waals surface area contributed by atoms with Crippen molar-refractivity contribution < 1.29 is 18.8 Å². The third kappa shape index (κ3) is 6.56. The number of rotatable bonds is 4. The molecule has 1 amide bonds. The lowest BCUT2D eigenvalue weighted by Gasteiger charge is -2.32. The van der Waals surface area contributed by atoms with E-state index in [9.17, 15) is 9.18 Å². The summed E-state index contributed by atoms with van der Waals surface area (Å²) in [6.07, 6.45) is 0.821. The fraction of sp³-hybridized carbons (Fsp3) is 0.529. The summed E-state index contributed by atoms with van der Waals surface area (Å²) in [4.78, 5) is 13.3. The zero-order chi connectivity index (χ0) is 18.4. The summed E-state index contributed by atoms with van der Waals surface area (Å²) in [5.41, 5.74) is 6.28. The number of thiocarbonyl (C=S) groups is 1. The van der Waals surface area contributed by atoms with Crippen molar-refractivity contribution in [3.8, 4) is 0 Å². The third-order valence-electron chi connectivity index (χ3n) is 4.07. The number of nitrogens with one attached hydrogen (secondary N) is 4. The number of amides is 1. The number of carbonyl (C=O) groups excluding carboxylic acids is 1. The molecule has 1 aromatic rings. The van der Waals surface area contributed by atoms with E-state index in [0.717, 1.165) is 19.6 Å². The second kappa shape index (κ2) is 9.07. The van der Waals surface area contributed by atoms with Gasteiger partial charge in [-0.3, -0.25) is 15.6 Å². The smallest absolute Gasteiger partial charge is 0.244 e. The minimum atomic E-state index is -0.311. The van der Waals surface area contributed by atoms with Gasteiger partial charge in [-0.05, 0) is 50.7 Å². The highest BCUT2D eigenvalue weighted by Crippen LogP contribution is 2.13. The average molecular weight is 369 g/mol. The van der Waals surface area contributed by atoms with Crippen LogP contribution in [0.2, 0.25) is 0 Å². The molecule has 0 spiro atoms. The molecule has 0 radical (unpaired) electrons. The first-order valence-corrected chi connectivity index (χ1v) is 8.85. The fourth-order valence-corrected chi connectivity index (χ4v) is 3.07. The summed E-state index contributed by atoms with van der Waals surface area (Å²) in [6, 6.07) is 4.74. The van der Waals surface area contributed by atoms with Crippen molar-refractivity contribution in [3.05, 3.63) is 29.6 Å². The van der Waals surface area contributed by atoms with Gasteiger partial charge in [0.2, 0.25) is 5.91 Å². The van der Waals surface area contributed by atoms with E-state index in [2.05, 4.69) is 30.0 Å². The van der Waals surface area contributed by atoms with Crippen LogP contribution in [0.5, 0.6) is 0 Å². The lowest BCUT2D eigenvalue weighted by molar-refractivity contribution is -0.914. The zero-order valence-corrected chi connectivity index (χ0v) is 15.6. The van der Waals surface area contributed by atoms with Crippen LogP contribution in [0.25, 0.3) is 0 Å². The summed E-state index contributed by atoms with van der Waals surface area (Å²) in [7, 11) is 0. The Bertz CT molecular complexity index is 619. The van der Waals surface area contributed by atoms with Gasteiger partial charge < -0.3 is 15.0 Å². The second-order valence-corrected chi connectivity index (χ2v) is 6.92. The molecule has 2 rings (SSSR count). The van der Waals surface area contributed by atoms with Crippen LogP contribution in [0.4, 0.5) is 10.1 Å². The van der Waals surface area contributed by atoms with Crippen LogP contribution >= 0.6 is 12.2 Å². The van der Waals surface area contributed by atoms with Crippen molar-refractivity contribution in [3.63, 3.8) is 0 Å². The van der Waals surface area contributed by atoms with Gasteiger partial charge in [0, 0.05) is 5.69 Å². The predicted molar refractivity (Wildman–Crippen MR) is 98.8 cm³/mol. The number of carbonyl (C=O) groups is 1. The zero-order valence-electron chi connectivity index (χ0n) is 14.8. The predicted octanol–water partition coefficient (Wildman–Crippen LogP) is 0.534.